The van der Waals surface area contributed by atoms with Gasteiger partial charge in [0.25, 0.3) is 0 Å². The summed E-state index contributed by atoms with van der Waals surface area (Å²) in [5.41, 5.74) is 0. The zero-order valence-electron chi connectivity index (χ0n) is 18.4. The standard InChI is InChI=1S/C20H33N3O5S2/c1-6-22(7-2)29(25,26)18-10-12-19(13-11-18)30(27,28)23-14-8-9-17(15-23)20(24)21(5)16(3)4/h10-13,16-17H,6-9,14-15H2,1-5H3/t17-/m1/s1. The summed E-state index contributed by atoms with van der Waals surface area (Å²) in [4.78, 5) is 14.4. The quantitative estimate of drug-likeness (QED) is 0.592. The molecule has 8 nitrogen and oxygen atoms in total. The number of carbonyl (C=O) groups excluding carboxylic acids is 1. The van der Waals surface area contributed by atoms with E-state index in [0.29, 0.717) is 32.5 Å². The van der Waals surface area contributed by atoms with Gasteiger partial charge in [-0.3, -0.25) is 4.79 Å². The van der Waals surface area contributed by atoms with Crippen molar-refractivity contribution in [1.29, 1.82) is 0 Å². The second kappa shape index (κ2) is 9.76. The van der Waals surface area contributed by atoms with Crippen LogP contribution in [0.2, 0.25) is 0 Å². The van der Waals surface area contributed by atoms with Crippen molar-refractivity contribution >= 4 is 26.0 Å². The van der Waals surface area contributed by atoms with E-state index in [0.717, 1.165) is 0 Å². The Labute approximate surface area is 180 Å². The Morgan fingerprint density at radius 1 is 1.07 bits per heavy atom. The van der Waals surface area contributed by atoms with Crippen molar-refractivity contribution in [1.82, 2.24) is 13.5 Å². The van der Waals surface area contributed by atoms with Gasteiger partial charge in [0.1, 0.15) is 0 Å². The first-order chi connectivity index (χ1) is 14.0. The van der Waals surface area contributed by atoms with Crippen LogP contribution >= 0.6 is 0 Å². The van der Waals surface area contributed by atoms with E-state index in [2.05, 4.69) is 0 Å². The van der Waals surface area contributed by atoms with Gasteiger partial charge in [0, 0.05) is 39.3 Å². The molecular weight excluding hydrogens is 426 g/mol. The molecule has 170 valence electrons. The van der Waals surface area contributed by atoms with Gasteiger partial charge >= 0.3 is 0 Å². The molecule has 1 saturated heterocycles. The van der Waals surface area contributed by atoms with Gasteiger partial charge in [0.15, 0.2) is 0 Å². The minimum Gasteiger partial charge on any atom is -0.343 e. The van der Waals surface area contributed by atoms with Crippen molar-refractivity contribution in [3.8, 4) is 0 Å². The molecular formula is C20H33N3O5S2. The summed E-state index contributed by atoms with van der Waals surface area (Å²) in [5, 5.41) is 0. The Balaban J connectivity index is 2.24. The number of nitrogens with zero attached hydrogens (tertiary/aromatic N) is 3. The van der Waals surface area contributed by atoms with Crippen molar-refractivity contribution in [2.45, 2.75) is 56.4 Å². The molecule has 1 aliphatic heterocycles. The monoisotopic (exact) mass is 459 g/mol. The molecule has 0 aromatic heterocycles. The molecule has 10 heteroatoms. The Bertz CT molecular complexity index is 939. The van der Waals surface area contributed by atoms with Crippen molar-refractivity contribution in [2.75, 3.05) is 33.2 Å². The number of piperidine rings is 1. The molecule has 1 heterocycles. The zero-order chi connectivity index (χ0) is 22.7. The summed E-state index contributed by atoms with van der Waals surface area (Å²) in [6.07, 6.45) is 1.26. The first-order valence-electron chi connectivity index (χ1n) is 10.3. The number of rotatable bonds is 8. The fourth-order valence-corrected chi connectivity index (χ4v) is 6.53. The molecule has 0 radical (unpaired) electrons. The average Bonchev–Trinajstić information content (AvgIpc) is 2.73. The highest BCUT2D eigenvalue weighted by atomic mass is 32.2. The SMILES string of the molecule is CCN(CC)S(=O)(=O)c1ccc(S(=O)(=O)N2CCC[C@@H](C(=O)N(C)C(C)C)C2)cc1. The van der Waals surface area contributed by atoms with Gasteiger partial charge in [-0.15, -0.1) is 0 Å². The van der Waals surface area contributed by atoms with E-state index in [4.69, 9.17) is 0 Å². The van der Waals surface area contributed by atoms with Gasteiger partial charge in [-0.1, -0.05) is 13.8 Å². The second-order valence-corrected chi connectivity index (χ2v) is 11.7. The molecule has 0 spiro atoms. The van der Waals surface area contributed by atoms with Crippen molar-refractivity contribution in [2.24, 2.45) is 5.92 Å². The summed E-state index contributed by atoms with van der Waals surface area (Å²) in [5.74, 6) is -0.422. The van der Waals surface area contributed by atoms with E-state index < -0.39 is 20.0 Å². The maximum absolute atomic E-state index is 13.1. The highest BCUT2D eigenvalue weighted by molar-refractivity contribution is 7.89. The Kier molecular flexibility index (Phi) is 8.06. The third-order valence-electron chi connectivity index (χ3n) is 5.66. The molecule has 0 saturated carbocycles. The lowest BCUT2D eigenvalue weighted by atomic mass is 9.98. The Hall–Kier alpha value is -1.49. The summed E-state index contributed by atoms with van der Waals surface area (Å²) in [6.45, 7) is 8.51. The number of benzene rings is 1. The Morgan fingerprint density at radius 2 is 1.60 bits per heavy atom. The second-order valence-electron chi connectivity index (χ2n) is 7.81. The molecule has 0 unspecified atom stereocenters. The summed E-state index contributed by atoms with van der Waals surface area (Å²) in [7, 11) is -5.73. The van der Waals surface area contributed by atoms with Gasteiger partial charge < -0.3 is 4.90 Å². The number of hydrogen-bond donors (Lipinski definition) is 0. The molecule has 1 aliphatic rings. The van der Waals surface area contributed by atoms with Crippen molar-refractivity contribution in [3.63, 3.8) is 0 Å². The Morgan fingerprint density at radius 3 is 2.10 bits per heavy atom. The van der Waals surface area contributed by atoms with E-state index >= 15 is 0 Å². The highest BCUT2D eigenvalue weighted by Crippen LogP contribution is 2.26. The van der Waals surface area contributed by atoms with Crippen LogP contribution in [0.3, 0.4) is 0 Å². The van der Waals surface area contributed by atoms with Crippen LogP contribution in [0.4, 0.5) is 0 Å². The summed E-state index contributed by atoms with van der Waals surface area (Å²) in [6, 6.07) is 5.37. The van der Waals surface area contributed by atoms with E-state index in [-0.39, 0.29) is 34.2 Å². The van der Waals surface area contributed by atoms with Crippen LogP contribution in [-0.4, -0.2) is 75.5 Å². The number of carbonyl (C=O) groups is 1. The maximum atomic E-state index is 13.1. The van der Waals surface area contributed by atoms with Gasteiger partial charge in [-0.25, -0.2) is 16.8 Å². The molecule has 0 bridgehead atoms. The molecule has 0 N–H and O–H groups in total. The molecule has 1 atom stereocenters. The number of hydrogen-bond acceptors (Lipinski definition) is 5. The maximum Gasteiger partial charge on any atom is 0.243 e. The molecule has 2 rings (SSSR count). The third-order valence-corrected chi connectivity index (χ3v) is 9.60. The van der Waals surface area contributed by atoms with Gasteiger partial charge in [0.2, 0.25) is 26.0 Å². The average molecular weight is 460 g/mol. The van der Waals surface area contributed by atoms with Crippen molar-refractivity contribution < 1.29 is 21.6 Å². The van der Waals surface area contributed by atoms with E-state index in [1.165, 1.54) is 32.9 Å². The molecule has 1 aromatic carbocycles. The largest absolute Gasteiger partial charge is 0.343 e. The fraction of sp³-hybridized carbons (Fsp3) is 0.650. The predicted molar refractivity (Wildman–Crippen MR) is 116 cm³/mol. The van der Waals surface area contributed by atoms with Crippen LogP contribution in [0.1, 0.15) is 40.5 Å². The first-order valence-corrected chi connectivity index (χ1v) is 13.2. The van der Waals surface area contributed by atoms with Crippen LogP contribution in [0.25, 0.3) is 0 Å². The zero-order valence-corrected chi connectivity index (χ0v) is 20.0. The van der Waals surface area contributed by atoms with Crippen molar-refractivity contribution in [3.05, 3.63) is 24.3 Å². The van der Waals surface area contributed by atoms with Gasteiger partial charge in [0.05, 0.1) is 15.7 Å². The van der Waals surface area contributed by atoms with E-state index in [9.17, 15) is 21.6 Å². The van der Waals surface area contributed by atoms with Crippen LogP contribution in [0.15, 0.2) is 34.1 Å². The lowest BCUT2D eigenvalue weighted by molar-refractivity contribution is -0.136. The van der Waals surface area contributed by atoms with E-state index in [1.807, 2.05) is 13.8 Å². The normalized spacial score (nSPS) is 18.7. The topological polar surface area (TPSA) is 95.1 Å². The third kappa shape index (κ3) is 5.04. The number of amides is 1. The van der Waals surface area contributed by atoms with Crippen LogP contribution in [0, 0.1) is 5.92 Å². The fourth-order valence-electron chi connectivity index (χ4n) is 3.55. The lowest BCUT2D eigenvalue weighted by Gasteiger charge is -2.34. The minimum absolute atomic E-state index is 0.0336. The van der Waals surface area contributed by atoms with Gasteiger partial charge in [-0.2, -0.15) is 8.61 Å². The smallest absolute Gasteiger partial charge is 0.243 e. The first kappa shape index (κ1) is 24.8. The summed E-state index contributed by atoms with van der Waals surface area (Å²) >= 11 is 0. The summed E-state index contributed by atoms with van der Waals surface area (Å²) < 4.78 is 54.1. The van der Waals surface area contributed by atoms with Crippen LogP contribution in [0.5, 0.6) is 0 Å². The molecule has 30 heavy (non-hydrogen) atoms. The predicted octanol–water partition coefficient (Wildman–Crippen LogP) is 1.98. The number of sulfonamides is 2. The molecule has 1 amide bonds. The molecule has 1 aromatic rings. The van der Waals surface area contributed by atoms with Gasteiger partial charge in [-0.05, 0) is 51.0 Å². The van der Waals surface area contributed by atoms with E-state index in [1.54, 1.807) is 25.8 Å². The highest BCUT2D eigenvalue weighted by Gasteiger charge is 2.35. The van der Waals surface area contributed by atoms with Crippen LogP contribution in [-0.2, 0) is 24.8 Å². The lowest BCUT2D eigenvalue weighted by Crippen LogP contribution is -2.47. The molecule has 1 fully saturated rings. The van der Waals surface area contributed by atoms with Crippen LogP contribution < -0.4 is 0 Å². The minimum atomic E-state index is -3.81. The molecule has 0 aliphatic carbocycles.